The topological polar surface area (TPSA) is 78.4 Å². The van der Waals surface area contributed by atoms with Gasteiger partial charge in [-0.15, -0.1) is 0 Å². The van der Waals surface area contributed by atoms with Gasteiger partial charge in [-0.1, -0.05) is 13.8 Å². The van der Waals surface area contributed by atoms with Gasteiger partial charge in [0.1, 0.15) is 0 Å². The third kappa shape index (κ3) is 3.29. The molecule has 0 spiro atoms. The quantitative estimate of drug-likeness (QED) is 0.794. The molecule has 5 heteroatoms. The maximum Gasteiger partial charge on any atom is 0.335 e. The lowest BCUT2D eigenvalue weighted by Gasteiger charge is -2.20. The third-order valence-electron chi connectivity index (χ3n) is 4.17. The van der Waals surface area contributed by atoms with Crippen LogP contribution in [-0.2, 0) is 0 Å². The van der Waals surface area contributed by atoms with Crippen molar-refractivity contribution in [2.24, 2.45) is 11.8 Å². The highest BCUT2D eigenvalue weighted by Gasteiger charge is 2.30. The minimum atomic E-state index is -0.977. The predicted molar refractivity (Wildman–Crippen MR) is 76.9 cm³/mol. The fourth-order valence-corrected chi connectivity index (χ4v) is 2.60. The van der Waals surface area contributed by atoms with Crippen LogP contribution in [0.1, 0.15) is 37.0 Å². The lowest BCUT2D eigenvalue weighted by molar-refractivity contribution is 0.0697. The van der Waals surface area contributed by atoms with Crippen LogP contribution in [0, 0.1) is 11.8 Å². The van der Waals surface area contributed by atoms with Gasteiger partial charge in [-0.2, -0.15) is 0 Å². The van der Waals surface area contributed by atoms with Crippen LogP contribution in [0.15, 0.2) is 24.3 Å². The van der Waals surface area contributed by atoms with Crippen molar-refractivity contribution in [2.45, 2.75) is 32.7 Å². The molecule has 0 bridgehead atoms. The number of carboxylic acids is 1. The first-order valence-corrected chi connectivity index (χ1v) is 6.88. The normalized spacial score (nSPS) is 25.2. The summed E-state index contributed by atoms with van der Waals surface area (Å²) in [5.41, 5.74) is 0.792. The standard InChI is InChI=1S/C15H20N2O3/c1-9-3-8-13(10(9)2)17-15(20)16-12-6-4-11(5-7-12)14(18)19/h4-7,9-10,13H,3,8H2,1-2H3,(H,18,19)(H2,16,17,20). The molecule has 1 aromatic rings. The maximum absolute atomic E-state index is 11.9. The molecule has 2 rings (SSSR count). The second-order valence-corrected chi connectivity index (χ2v) is 5.50. The SMILES string of the molecule is CC1CCC(NC(=O)Nc2ccc(C(=O)O)cc2)C1C. The van der Waals surface area contributed by atoms with E-state index in [0.717, 1.165) is 12.8 Å². The second kappa shape index (κ2) is 5.94. The molecule has 0 aromatic heterocycles. The average Bonchev–Trinajstić information content (AvgIpc) is 2.71. The third-order valence-corrected chi connectivity index (χ3v) is 4.17. The van der Waals surface area contributed by atoms with Crippen molar-refractivity contribution in [1.29, 1.82) is 0 Å². The second-order valence-electron chi connectivity index (χ2n) is 5.50. The van der Waals surface area contributed by atoms with Gasteiger partial charge in [-0.25, -0.2) is 9.59 Å². The molecule has 3 N–H and O–H groups in total. The Bertz CT molecular complexity index is 498. The summed E-state index contributed by atoms with van der Waals surface area (Å²) >= 11 is 0. The van der Waals surface area contributed by atoms with Gasteiger partial charge in [-0.05, 0) is 48.9 Å². The lowest BCUT2D eigenvalue weighted by Crippen LogP contribution is -2.40. The molecule has 1 saturated carbocycles. The molecule has 1 fully saturated rings. The van der Waals surface area contributed by atoms with Crippen molar-refractivity contribution in [3.8, 4) is 0 Å². The number of rotatable bonds is 3. The smallest absolute Gasteiger partial charge is 0.335 e. The van der Waals surface area contributed by atoms with Crippen molar-refractivity contribution in [3.63, 3.8) is 0 Å². The van der Waals surface area contributed by atoms with Gasteiger partial charge < -0.3 is 15.7 Å². The van der Waals surface area contributed by atoms with Crippen molar-refractivity contribution in [3.05, 3.63) is 29.8 Å². The summed E-state index contributed by atoms with van der Waals surface area (Å²) in [4.78, 5) is 22.6. The number of hydrogen-bond donors (Lipinski definition) is 3. The van der Waals surface area contributed by atoms with E-state index in [-0.39, 0.29) is 17.6 Å². The number of carbonyl (C=O) groups excluding carboxylic acids is 1. The molecule has 3 unspecified atom stereocenters. The number of hydrogen-bond acceptors (Lipinski definition) is 2. The van der Waals surface area contributed by atoms with Crippen LogP contribution in [0.25, 0.3) is 0 Å². The van der Waals surface area contributed by atoms with E-state index in [1.807, 2.05) is 0 Å². The Hall–Kier alpha value is -2.04. The summed E-state index contributed by atoms with van der Waals surface area (Å²) in [5, 5.41) is 14.5. The first-order valence-electron chi connectivity index (χ1n) is 6.88. The zero-order valence-electron chi connectivity index (χ0n) is 11.7. The first-order chi connectivity index (χ1) is 9.47. The lowest BCUT2D eigenvalue weighted by atomic mass is 9.98. The van der Waals surface area contributed by atoms with Crippen LogP contribution in [0.3, 0.4) is 0 Å². The summed E-state index contributed by atoms with van der Waals surface area (Å²) in [6, 6.07) is 6.09. The Balaban J connectivity index is 1.90. The number of amides is 2. The molecule has 108 valence electrons. The van der Waals surface area contributed by atoms with Crippen molar-refractivity contribution >= 4 is 17.7 Å². The van der Waals surface area contributed by atoms with E-state index >= 15 is 0 Å². The zero-order chi connectivity index (χ0) is 14.7. The summed E-state index contributed by atoms with van der Waals surface area (Å²) in [6.07, 6.45) is 2.15. The van der Waals surface area contributed by atoms with E-state index in [0.29, 0.717) is 17.5 Å². The Kier molecular flexibility index (Phi) is 4.27. The highest BCUT2D eigenvalue weighted by molar-refractivity contribution is 5.91. The minimum Gasteiger partial charge on any atom is -0.478 e. The van der Waals surface area contributed by atoms with Gasteiger partial charge in [0.15, 0.2) is 0 Å². The zero-order valence-corrected chi connectivity index (χ0v) is 11.7. The molecule has 5 nitrogen and oxygen atoms in total. The van der Waals surface area contributed by atoms with Crippen LogP contribution in [0.4, 0.5) is 10.5 Å². The number of carbonyl (C=O) groups is 2. The maximum atomic E-state index is 11.9. The van der Waals surface area contributed by atoms with E-state index in [1.54, 1.807) is 12.1 Å². The number of aromatic carboxylic acids is 1. The Labute approximate surface area is 118 Å². The molecule has 0 heterocycles. The van der Waals surface area contributed by atoms with Crippen molar-refractivity contribution in [2.75, 3.05) is 5.32 Å². The van der Waals surface area contributed by atoms with Crippen LogP contribution >= 0.6 is 0 Å². The van der Waals surface area contributed by atoms with Gasteiger partial charge in [0.05, 0.1) is 5.56 Å². The Morgan fingerprint density at radius 2 is 1.80 bits per heavy atom. The van der Waals surface area contributed by atoms with Crippen molar-refractivity contribution < 1.29 is 14.7 Å². The summed E-state index contributed by atoms with van der Waals surface area (Å²) < 4.78 is 0. The van der Waals surface area contributed by atoms with Gasteiger partial charge in [0, 0.05) is 11.7 Å². The molecule has 1 aliphatic carbocycles. The molecule has 0 radical (unpaired) electrons. The van der Waals surface area contributed by atoms with Crippen LogP contribution in [0.2, 0.25) is 0 Å². The molecule has 20 heavy (non-hydrogen) atoms. The van der Waals surface area contributed by atoms with Gasteiger partial charge in [0.2, 0.25) is 0 Å². The summed E-state index contributed by atoms with van der Waals surface area (Å²) in [5.74, 6) is 0.139. The molecule has 0 aliphatic heterocycles. The molecular formula is C15H20N2O3. The minimum absolute atomic E-state index is 0.203. The van der Waals surface area contributed by atoms with Crippen molar-refractivity contribution in [1.82, 2.24) is 5.32 Å². The van der Waals surface area contributed by atoms with E-state index in [1.165, 1.54) is 12.1 Å². The highest BCUT2D eigenvalue weighted by atomic mass is 16.4. The number of urea groups is 1. The largest absolute Gasteiger partial charge is 0.478 e. The highest BCUT2D eigenvalue weighted by Crippen LogP contribution is 2.31. The van der Waals surface area contributed by atoms with E-state index in [2.05, 4.69) is 24.5 Å². The number of anilines is 1. The monoisotopic (exact) mass is 276 g/mol. The number of carboxylic acid groups (broad SMARTS) is 1. The molecular weight excluding hydrogens is 256 g/mol. The van der Waals surface area contributed by atoms with Crippen LogP contribution < -0.4 is 10.6 Å². The van der Waals surface area contributed by atoms with E-state index in [9.17, 15) is 9.59 Å². The molecule has 1 aliphatic rings. The van der Waals surface area contributed by atoms with Gasteiger partial charge in [-0.3, -0.25) is 0 Å². The Morgan fingerprint density at radius 3 is 2.30 bits per heavy atom. The van der Waals surface area contributed by atoms with Gasteiger partial charge >= 0.3 is 12.0 Å². The van der Waals surface area contributed by atoms with Gasteiger partial charge in [0.25, 0.3) is 0 Å². The summed E-state index contributed by atoms with van der Waals surface area (Å²) in [7, 11) is 0. The number of benzene rings is 1. The van der Waals surface area contributed by atoms with Crippen LogP contribution in [-0.4, -0.2) is 23.1 Å². The molecule has 0 saturated heterocycles. The van der Waals surface area contributed by atoms with E-state index in [4.69, 9.17) is 5.11 Å². The summed E-state index contributed by atoms with van der Waals surface area (Å²) in [6.45, 7) is 4.36. The van der Waals surface area contributed by atoms with Crippen LogP contribution in [0.5, 0.6) is 0 Å². The first kappa shape index (κ1) is 14.4. The molecule has 3 atom stereocenters. The fraction of sp³-hybridized carbons (Fsp3) is 0.467. The fourth-order valence-electron chi connectivity index (χ4n) is 2.60. The Morgan fingerprint density at radius 1 is 1.15 bits per heavy atom. The molecule has 2 amide bonds. The molecule has 1 aromatic carbocycles. The average molecular weight is 276 g/mol. The predicted octanol–water partition coefficient (Wildman–Crippen LogP) is 2.94. The number of nitrogens with one attached hydrogen (secondary N) is 2. The van der Waals surface area contributed by atoms with E-state index < -0.39 is 5.97 Å².